The Hall–Kier alpha value is -2.54. The molecule has 0 aliphatic carbocycles. The SMILES string of the molecule is Cc1ccc(NC(=O)CC/C(CC(=O)C(C)(C)C)=N/NC(=O)C[N+](C)(C)C)cc1C. The Labute approximate surface area is 180 Å². The third-order valence-corrected chi connectivity index (χ3v) is 4.59. The highest BCUT2D eigenvalue weighted by Gasteiger charge is 2.23. The molecular formula is C23H37N4O3+. The molecule has 2 N–H and O–H groups in total. The van der Waals surface area contributed by atoms with E-state index in [-0.39, 0.29) is 37.0 Å². The molecule has 0 unspecified atom stereocenters. The lowest BCUT2D eigenvalue weighted by Crippen LogP contribution is -2.43. The Morgan fingerprint density at radius 3 is 2.13 bits per heavy atom. The van der Waals surface area contributed by atoms with Crippen molar-refractivity contribution >= 4 is 29.0 Å². The smallest absolute Gasteiger partial charge is 0.295 e. The van der Waals surface area contributed by atoms with Crippen molar-refractivity contribution in [1.82, 2.24) is 5.43 Å². The highest BCUT2D eigenvalue weighted by atomic mass is 16.2. The van der Waals surface area contributed by atoms with E-state index in [0.29, 0.717) is 16.6 Å². The van der Waals surface area contributed by atoms with E-state index in [9.17, 15) is 14.4 Å². The van der Waals surface area contributed by atoms with Gasteiger partial charge in [-0.15, -0.1) is 0 Å². The minimum absolute atomic E-state index is 0.0108. The number of nitrogens with one attached hydrogen (secondary N) is 2. The van der Waals surface area contributed by atoms with Crippen molar-refractivity contribution in [2.75, 3.05) is 33.0 Å². The molecule has 1 aromatic rings. The first-order valence-electron chi connectivity index (χ1n) is 10.2. The zero-order chi connectivity index (χ0) is 23.1. The summed E-state index contributed by atoms with van der Waals surface area (Å²) in [5.74, 6) is -0.383. The Morgan fingerprint density at radius 2 is 1.60 bits per heavy atom. The maximum Gasteiger partial charge on any atom is 0.295 e. The molecule has 1 aromatic carbocycles. The minimum Gasteiger partial charge on any atom is -0.326 e. The van der Waals surface area contributed by atoms with E-state index in [1.807, 2.05) is 74.0 Å². The second-order valence-corrected chi connectivity index (χ2v) is 9.86. The van der Waals surface area contributed by atoms with Crippen molar-refractivity contribution in [3.05, 3.63) is 29.3 Å². The lowest BCUT2D eigenvalue weighted by molar-refractivity contribution is -0.862. The Kier molecular flexibility index (Phi) is 8.90. The molecule has 0 aliphatic rings. The van der Waals surface area contributed by atoms with Gasteiger partial charge in [0.05, 0.1) is 21.1 Å². The highest BCUT2D eigenvalue weighted by Crippen LogP contribution is 2.18. The standard InChI is InChI=1S/C23H36N4O3/c1-16-9-10-18(13-17(16)2)24-21(29)12-11-19(14-20(28)23(3,4)5)25-26-22(30)15-27(6,7)8/h9-10,13H,11-12,14-15H2,1-8H3,(H-,24,26,29,30)/p+1/b25-19-. The molecule has 1 rings (SSSR count). The fraction of sp³-hybridized carbons (Fsp3) is 0.565. The topological polar surface area (TPSA) is 87.6 Å². The van der Waals surface area contributed by atoms with Crippen LogP contribution in [0.4, 0.5) is 5.69 Å². The lowest BCUT2D eigenvalue weighted by atomic mass is 9.87. The van der Waals surface area contributed by atoms with E-state index in [1.165, 1.54) is 0 Å². The number of carbonyl (C=O) groups is 3. The van der Waals surface area contributed by atoms with E-state index < -0.39 is 5.41 Å². The summed E-state index contributed by atoms with van der Waals surface area (Å²) in [5, 5.41) is 7.05. The predicted octanol–water partition coefficient (Wildman–Crippen LogP) is 3.21. The van der Waals surface area contributed by atoms with Gasteiger partial charge in [0.1, 0.15) is 5.78 Å². The normalized spacial score (nSPS) is 12.5. The first-order chi connectivity index (χ1) is 13.7. The largest absolute Gasteiger partial charge is 0.326 e. The first-order valence-corrected chi connectivity index (χ1v) is 10.2. The summed E-state index contributed by atoms with van der Waals surface area (Å²) in [7, 11) is 5.72. The summed E-state index contributed by atoms with van der Waals surface area (Å²) in [4.78, 5) is 36.9. The number of ketones is 1. The summed E-state index contributed by atoms with van der Waals surface area (Å²) in [6, 6.07) is 5.75. The quantitative estimate of drug-likeness (QED) is 0.367. The van der Waals surface area contributed by atoms with Crippen LogP contribution in [0.15, 0.2) is 23.3 Å². The molecule has 0 saturated carbocycles. The number of benzene rings is 1. The molecule has 0 heterocycles. The van der Waals surface area contributed by atoms with Crippen molar-refractivity contribution in [1.29, 1.82) is 0 Å². The first kappa shape index (κ1) is 25.5. The molecule has 0 saturated heterocycles. The summed E-state index contributed by atoms with van der Waals surface area (Å²) in [6.07, 6.45) is 0.572. The molecule has 0 bridgehead atoms. The zero-order valence-corrected chi connectivity index (χ0v) is 19.7. The van der Waals surface area contributed by atoms with Gasteiger partial charge < -0.3 is 9.80 Å². The van der Waals surface area contributed by atoms with Crippen LogP contribution in [0.1, 0.15) is 51.2 Å². The molecule has 7 nitrogen and oxygen atoms in total. The van der Waals surface area contributed by atoms with Crippen LogP contribution in [-0.4, -0.2) is 55.5 Å². The Bertz CT molecular complexity index is 815. The number of aryl methyl sites for hydroxylation is 2. The molecular weight excluding hydrogens is 380 g/mol. The summed E-state index contributed by atoms with van der Waals surface area (Å²) in [6.45, 7) is 9.80. The number of rotatable bonds is 9. The second-order valence-electron chi connectivity index (χ2n) is 9.86. The van der Waals surface area contributed by atoms with Crippen LogP contribution in [0.3, 0.4) is 0 Å². The molecule has 0 spiro atoms. The number of carbonyl (C=O) groups excluding carboxylic acids is 3. The summed E-state index contributed by atoms with van der Waals surface area (Å²) < 4.78 is 0.468. The van der Waals surface area contributed by atoms with E-state index in [4.69, 9.17) is 0 Å². The van der Waals surface area contributed by atoms with E-state index in [0.717, 1.165) is 16.8 Å². The van der Waals surface area contributed by atoms with Gasteiger partial charge in [0, 0.05) is 29.7 Å². The van der Waals surface area contributed by atoms with Crippen molar-refractivity contribution in [3.8, 4) is 0 Å². The Balaban J connectivity index is 2.79. The summed E-state index contributed by atoms with van der Waals surface area (Å²) in [5.41, 5.74) is 5.52. The number of nitrogens with zero attached hydrogens (tertiary/aromatic N) is 2. The number of hydrazone groups is 1. The average molecular weight is 418 g/mol. The molecule has 30 heavy (non-hydrogen) atoms. The van der Waals surface area contributed by atoms with Gasteiger partial charge in [-0.2, -0.15) is 5.10 Å². The van der Waals surface area contributed by atoms with Gasteiger partial charge in [0.2, 0.25) is 5.91 Å². The van der Waals surface area contributed by atoms with Crippen molar-refractivity contribution in [2.45, 2.75) is 53.9 Å². The second kappa shape index (κ2) is 10.5. The average Bonchev–Trinajstić information content (AvgIpc) is 2.58. The highest BCUT2D eigenvalue weighted by molar-refractivity contribution is 6.05. The van der Waals surface area contributed by atoms with Gasteiger partial charge in [-0.25, -0.2) is 5.43 Å². The number of likely N-dealkylation sites (N-methyl/N-ethyl adjacent to an activating group) is 1. The lowest BCUT2D eigenvalue weighted by Gasteiger charge is -2.22. The van der Waals surface area contributed by atoms with E-state index in [2.05, 4.69) is 15.8 Å². The van der Waals surface area contributed by atoms with Gasteiger partial charge in [0.15, 0.2) is 6.54 Å². The summed E-state index contributed by atoms with van der Waals surface area (Å²) >= 11 is 0. The third kappa shape index (κ3) is 9.78. The van der Waals surface area contributed by atoms with E-state index >= 15 is 0 Å². The fourth-order valence-electron chi connectivity index (χ4n) is 2.54. The number of anilines is 1. The molecule has 0 atom stereocenters. The number of quaternary nitrogens is 1. The van der Waals surface area contributed by atoms with Gasteiger partial charge in [-0.1, -0.05) is 26.8 Å². The van der Waals surface area contributed by atoms with Crippen molar-refractivity contribution in [3.63, 3.8) is 0 Å². The predicted molar refractivity (Wildman–Crippen MR) is 121 cm³/mol. The third-order valence-electron chi connectivity index (χ3n) is 4.59. The van der Waals surface area contributed by atoms with Crippen LogP contribution in [0, 0.1) is 19.3 Å². The monoisotopic (exact) mass is 417 g/mol. The number of Topliss-reactive ketones (excluding diaryl/α,β-unsaturated/α-hetero) is 1. The van der Waals surface area contributed by atoms with Crippen LogP contribution in [0.5, 0.6) is 0 Å². The maximum absolute atomic E-state index is 12.5. The van der Waals surface area contributed by atoms with Gasteiger partial charge >= 0.3 is 0 Å². The maximum atomic E-state index is 12.5. The Morgan fingerprint density at radius 1 is 0.967 bits per heavy atom. The minimum atomic E-state index is -0.519. The molecule has 7 heteroatoms. The number of hydrogen-bond acceptors (Lipinski definition) is 4. The van der Waals surface area contributed by atoms with Gasteiger partial charge in [-0.3, -0.25) is 14.4 Å². The van der Waals surface area contributed by atoms with Gasteiger partial charge in [0.25, 0.3) is 5.91 Å². The molecule has 0 aromatic heterocycles. The molecule has 0 radical (unpaired) electrons. The molecule has 0 fully saturated rings. The van der Waals surface area contributed by atoms with Gasteiger partial charge in [-0.05, 0) is 43.5 Å². The van der Waals surface area contributed by atoms with Crippen LogP contribution in [-0.2, 0) is 14.4 Å². The molecule has 2 amide bonds. The zero-order valence-electron chi connectivity index (χ0n) is 19.7. The molecule has 0 aliphatic heterocycles. The van der Waals surface area contributed by atoms with Crippen LogP contribution in [0.2, 0.25) is 0 Å². The number of hydrogen-bond donors (Lipinski definition) is 2. The van der Waals surface area contributed by atoms with Crippen LogP contribution >= 0.6 is 0 Å². The van der Waals surface area contributed by atoms with Crippen LogP contribution in [0.25, 0.3) is 0 Å². The van der Waals surface area contributed by atoms with E-state index in [1.54, 1.807) is 0 Å². The molecule has 166 valence electrons. The van der Waals surface area contributed by atoms with Crippen molar-refractivity contribution in [2.24, 2.45) is 10.5 Å². The van der Waals surface area contributed by atoms with Crippen LogP contribution < -0.4 is 10.7 Å². The number of amides is 2. The fourth-order valence-corrected chi connectivity index (χ4v) is 2.54. The van der Waals surface area contributed by atoms with Crippen molar-refractivity contribution < 1.29 is 18.9 Å².